The fraction of sp³-hybridized carbons (Fsp3) is 0.455. The monoisotopic (exact) mass is 315 g/mol. The van der Waals surface area contributed by atoms with E-state index >= 15 is 0 Å². The third-order valence-corrected chi connectivity index (χ3v) is 4.79. The summed E-state index contributed by atoms with van der Waals surface area (Å²) >= 11 is 0. The number of carbonyl (C=O) groups excluding carboxylic acids is 1. The molecule has 0 spiro atoms. The number of sulfone groups is 1. The van der Waals surface area contributed by atoms with Crippen LogP contribution < -0.4 is 5.56 Å². The second-order valence-corrected chi connectivity index (χ2v) is 6.89. The van der Waals surface area contributed by atoms with Gasteiger partial charge >= 0.3 is 5.97 Å². The maximum atomic E-state index is 12.3. The van der Waals surface area contributed by atoms with Crippen molar-refractivity contribution in [1.82, 2.24) is 14.9 Å². The molecule has 1 atom stereocenters. The van der Waals surface area contributed by atoms with Gasteiger partial charge in [-0.15, -0.1) is 0 Å². The zero-order valence-electron chi connectivity index (χ0n) is 10.9. The summed E-state index contributed by atoms with van der Waals surface area (Å²) in [5.41, 5.74) is -0.542. The zero-order valence-corrected chi connectivity index (χ0v) is 11.7. The van der Waals surface area contributed by atoms with Crippen molar-refractivity contribution < 1.29 is 23.1 Å². The number of hydrogen-bond acceptors (Lipinski definition) is 6. The largest absolute Gasteiger partial charge is 0.481 e. The molecule has 0 bridgehead atoms. The Morgan fingerprint density at radius 3 is 2.76 bits per heavy atom. The minimum atomic E-state index is -3.37. The van der Waals surface area contributed by atoms with Crippen molar-refractivity contribution in [3.8, 4) is 0 Å². The van der Waals surface area contributed by atoms with Crippen LogP contribution in [0, 0.1) is 0 Å². The molecule has 114 valence electrons. The molecule has 1 aromatic rings. The number of nitrogens with zero attached hydrogens (tertiary/aromatic N) is 2. The summed E-state index contributed by atoms with van der Waals surface area (Å²) in [6.45, 7) is -0.0973. The van der Waals surface area contributed by atoms with Gasteiger partial charge in [0.15, 0.2) is 9.84 Å². The number of rotatable bonds is 3. The molecule has 2 heterocycles. The van der Waals surface area contributed by atoms with Crippen molar-refractivity contribution in [2.24, 2.45) is 0 Å². The number of aromatic nitrogens is 2. The Hall–Kier alpha value is -2.23. The number of H-pyrrole nitrogens is 1. The molecular weight excluding hydrogens is 302 g/mol. The predicted molar refractivity (Wildman–Crippen MR) is 70.6 cm³/mol. The van der Waals surface area contributed by atoms with Crippen molar-refractivity contribution in [1.29, 1.82) is 0 Å². The average molecular weight is 315 g/mol. The molecule has 2 rings (SSSR count). The fourth-order valence-electron chi connectivity index (χ4n) is 2.13. The second-order valence-electron chi connectivity index (χ2n) is 4.66. The maximum absolute atomic E-state index is 12.3. The van der Waals surface area contributed by atoms with Crippen LogP contribution in [-0.2, 0) is 14.6 Å². The molecule has 1 aromatic heterocycles. The van der Waals surface area contributed by atoms with Crippen LogP contribution in [0.2, 0.25) is 0 Å². The summed E-state index contributed by atoms with van der Waals surface area (Å²) < 4.78 is 23.2. The van der Waals surface area contributed by atoms with E-state index in [4.69, 9.17) is 5.11 Å². The number of aliphatic carboxylic acids is 1. The summed E-state index contributed by atoms with van der Waals surface area (Å²) in [4.78, 5) is 41.2. The molecule has 0 aliphatic carbocycles. The van der Waals surface area contributed by atoms with Gasteiger partial charge in [0, 0.05) is 12.7 Å². The topological polar surface area (TPSA) is 138 Å². The molecule has 0 aromatic carbocycles. The summed E-state index contributed by atoms with van der Waals surface area (Å²) in [7, 11) is -3.37. The van der Waals surface area contributed by atoms with Crippen molar-refractivity contribution in [3.63, 3.8) is 0 Å². The SMILES string of the molecule is O=C(O)CC1CS(=O)(=O)CCN1C(=O)c1c[nH]c(=O)cn1. The molecule has 1 aliphatic rings. The highest BCUT2D eigenvalue weighted by Gasteiger charge is 2.36. The van der Waals surface area contributed by atoms with E-state index in [1.54, 1.807) is 0 Å². The molecule has 0 radical (unpaired) electrons. The Balaban J connectivity index is 2.26. The zero-order chi connectivity index (χ0) is 15.6. The predicted octanol–water partition coefficient (Wildman–Crippen LogP) is -1.52. The Morgan fingerprint density at radius 1 is 1.48 bits per heavy atom. The molecule has 1 aliphatic heterocycles. The van der Waals surface area contributed by atoms with Crippen LogP contribution in [0.15, 0.2) is 17.2 Å². The molecule has 2 N–H and O–H groups in total. The van der Waals surface area contributed by atoms with Crippen LogP contribution in [0.25, 0.3) is 0 Å². The number of carbonyl (C=O) groups is 2. The second kappa shape index (κ2) is 5.64. The number of amides is 1. The highest BCUT2D eigenvalue weighted by molar-refractivity contribution is 7.91. The number of carboxylic acid groups (broad SMARTS) is 1. The van der Waals surface area contributed by atoms with Gasteiger partial charge in [0.25, 0.3) is 11.5 Å². The molecule has 10 heteroatoms. The quantitative estimate of drug-likeness (QED) is 0.691. The number of carboxylic acids is 1. The minimum absolute atomic E-state index is 0.0655. The van der Waals surface area contributed by atoms with Crippen LogP contribution >= 0.6 is 0 Å². The molecule has 1 amide bonds. The van der Waals surface area contributed by atoms with E-state index in [1.165, 1.54) is 4.90 Å². The third-order valence-electron chi connectivity index (χ3n) is 3.09. The first-order chi connectivity index (χ1) is 9.78. The molecule has 9 nitrogen and oxygen atoms in total. The van der Waals surface area contributed by atoms with Gasteiger partial charge in [-0.2, -0.15) is 0 Å². The smallest absolute Gasteiger partial charge is 0.305 e. The van der Waals surface area contributed by atoms with Gasteiger partial charge in [-0.1, -0.05) is 0 Å². The van der Waals surface area contributed by atoms with Gasteiger partial charge in [-0.3, -0.25) is 14.4 Å². The van der Waals surface area contributed by atoms with E-state index in [0.717, 1.165) is 12.4 Å². The van der Waals surface area contributed by atoms with E-state index in [9.17, 15) is 22.8 Å². The van der Waals surface area contributed by atoms with Crippen LogP contribution in [0.3, 0.4) is 0 Å². The lowest BCUT2D eigenvalue weighted by Gasteiger charge is -2.34. The maximum Gasteiger partial charge on any atom is 0.305 e. The molecular formula is C11H13N3O6S. The summed E-state index contributed by atoms with van der Waals surface area (Å²) in [5.74, 6) is -2.41. The lowest BCUT2D eigenvalue weighted by Crippen LogP contribution is -2.52. The molecule has 1 fully saturated rings. The van der Waals surface area contributed by atoms with Gasteiger partial charge in [0.1, 0.15) is 5.69 Å². The summed E-state index contributed by atoms with van der Waals surface area (Å²) in [5, 5.41) is 8.85. The van der Waals surface area contributed by atoms with E-state index in [1.807, 2.05) is 0 Å². The molecule has 1 unspecified atom stereocenters. The van der Waals surface area contributed by atoms with Gasteiger partial charge in [0.05, 0.1) is 30.2 Å². The Labute approximate surface area is 119 Å². The lowest BCUT2D eigenvalue weighted by atomic mass is 10.2. The fourth-order valence-corrected chi connectivity index (χ4v) is 3.66. The molecule has 1 saturated heterocycles. The first-order valence-electron chi connectivity index (χ1n) is 6.06. The van der Waals surface area contributed by atoms with Gasteiger partial charge in [-0.05, 0) is 0 Å². The van der Waals surface area contributed by atoms with E-state index in [2.05, 4.69) is 9.97 Å². The van der Waals surface area contributed by atoms with Gasteiger partial charge in [-0.25, -0.2) is 13.4 Å². The average Bonchev–Trinajstić information content (AvgIpc) is 2.37. The van der Waals surface area contributed by atoms with E-state index in [-0.39, 0.29) is 18.0 Å². The molecule has 21 heavy (non-hydrogen) atoms. The Kier molecular flexibility index (Phi) is 4.07. The van der Waals surface area contributed by atoms with Crippen molar-refractivity contribution in [3.05, 3.63) is 28.4 Å². The van der Waals surface area contributed by atoms with Crippen LogP contribution in [0.1, 0.15) is 16.9 Å². The molecule has 0 saturated carbocycles. The number of aromatic amines is 1. The van der Waals surface area contributed by atoms with Gasteiger partial charge < -0.3 is 15.0 Å². The lowest BCUT2D eigenvalue weighted by molar-refractivity contribution is -0.138. The normalized spacial score (nSPS) is 21.0. The first-order valence-corrected chi connectivity index (χ1v) is 7.88. The number of hydrogen-bond donors (Lipinski definition) is 2. The standard InChI is InChI=1S/C11H13N3O6S/c15-9-5-12-8(4-13-9)11(18)14-1-2-21(19,20)6-7(14)3-10(16)17/h4-5,7H,1-3,6H2,(H,13,15)(H,16,17). The third kappa shape index (κ3) is 3.66. The highest BCUT2D eigenvalue weighted by Crippen LogP contribution is 2.17. The summed E-state index contributed by atoms with van der Waals surface area (Å²) in [6.07, 6.45) is 1.58. The van der Waals surface area contributed by atoms with Crippen LogP contribution in [-0.4, -0.2) is 64.4 Å². The summed E-state index contributed by atoms with van der Waals surface area (Å²) in [6, 6.07) is -0.942. The minimum Gasteiger partial charge on any atom is -0.481 e. The Morgan fingerprint density at radius 2 is 2.19 bits per heavy atom. The van der Waals surface area contributed by atoms with Crippen LogP contribution in [0.4, 0.5) is 0 Å². The van der Waals surface area contributed by atoms with Crippen molar-refractivity contribution in [2.75, 3.05) is 18.1 Å². The highest BCUT2D eigenvalue weighted by atomic mass is 32.2. The van der Waals surface area contributed by atoms with Crippen molar-refractivity contribution in [2.45, 2.75) is 12.5 Å². The number of nitrogens with one attached hydrogen (secondary N) is 1. The van der Waals surface area contributed by atoms with Crippen LogP contribution in [0.5, 0.6) is 0 Å². The van der Waals surface area contributed by atoms with Gasteiger partial charge in [0.2, 0.25) is 0 Å². The Bertz CT molecular complexity index is 705. The van der Waals surface area contributed by atoms with Crippen molar-refractivity contribution >= 4 is 21.7 Å². The van der Waals surface area contributed by atoms with E-state index in [0.29, 0.717) is 0 Å². The van der Waals surface area contributed by atoms with E-state index < -0.39 is 45.5 Å². The first kappa shape index (κ1) is 15.2.